The summed E-state index contributed by atoms with van der Waals surface area (Å²) in [4.78, 5) is 22.1. The number of carbonyl (C=O) groups is 1. The molecule has 0 amide bonds. The van der Waals surface area contributed by atoms with Crippen LogP contribution in [0.3, 0.4) is 0 Å². The Morgan fingerprint density at radius 2 is 1.72 bits per heavy atom. The van der Waals surface area contributed by atoms with E-state index in [9.17, 15) is 9.59 Å². The highest BCUT2D eigenvalue weighted by Gasteiger charge is 2.29. The van der Waals surface area contributed by atoms with Gasteiger partial charge in [-0.25, -0.2) is 4.79 Å². The second-order valence-electron chi connectivity index (χ2n) is 8.60. The molecule has 2 unspecified atom stereocenters. The quantitative estimate of drug-likeness (QED) is 0.369. The van der Waals surface area contributed by atoms with Gasteiger partial charge in [-0.05, 0) is 61.8 Å². The van der Waals surface area contributed by atoms with Gasteiger partial charge >= 0.3 is 11.6 Å². The first-order valence-electron chi connectivity index (χ1n) is 11.5. The molecule has 162 valence electrons. The van der Waals surface area contributed by atoms with Gasteiger partial charge in [0.15, 0.2) is 0 Å². The molecule has 2 aromatic heterocycles. The van der Waals surface area contributed by atoms with Crippen molar-refractivity contribution in [2.75, 3.05) is 0 Å². The van der Waals surface area contributed by atoms with Crippen LogP contribution in [-0.4, -0.2) is 12.1 Å². The van der Waals surface area contributed by atoms with E-state index in [1.165, 1.54) is 51.4 Å². The molecule has 2 atom stereocenters. The summed E-state index contributed by atoms with van der Waals surface area (Å²) in [6, 6.07) is 7.05. The van der Waals surface area contributed by atoms with Gasteiger partial charge in [0.2, 0.25) is 0 Å². The molecular weight excluding hydrogens is 364 g/mol. The Balaban J connectivity index is 0.000000272. The molecule has 1 aromatic carbocycles. The first-order chi connectivity index (χ1) is 13.9. The van der Waals surface area contributed by atoms with Gasteiger partial charge in [-0.1, -0.05) is 59.3 Å². The largest absolute Gasteiger partial charge is 0.462 e. The van der Waals surface area contributed by atoms with E-state index < -0.39 is 0 Å². The highest BCUT2D eigenvalue weighted by Crippen LogP contribution is 2.37. The number of esters is 1. The topological polar surface area (TPSA) is 56.5 Å². The van der Waals surface area contributed by atoms with Crippen molar-refractivity contribution >= 4 is 16.9 Å². The lowest BCUT2D eigenvalue weighted by atomic mass is 9.73. The van der Waals surface area contributed by atoms with Crippen LogP contribution in [0, 0.1) is 17.8 Å². The number of fused-ring (bicyclic) bond motifs is 3. The van der Waals surface area contributed by atoms with E-state index in [0.717, 1.165) is 11.8 Å². The molecule has 0 saturated heterocycles. The molecule has 29 heavy (non-hydrogen) atoms. The van der Waals surface area contributed by atoms with Crippen LogP contribution in [0.1, 0.15) is 85.5 Å². The summed E-state index contributed by atoms with van der Waals surface area (Å²) in [5, 5.41) is 0.630. The van der Waals surface area contributed by atoms with Crippen molar-refractivity contribution in [3.63, 3.8) is 0 Å². The standard InChI is InChI=1S/C18H34O2.C7H4O2/c1-5-7-8-9-16-10-12-17(13-11-16)14(3)15(4)20-18(19)6-2;8-7-5-1-3-6(9-7)4-2-5/h14-17H,5-13H2,1-4H3;1-4H. The molecule has 4 rings (SSSR count). The lowest BCUT2D eigenvalue weighted by Crippen LogP contribution is -2.30. The van der Waals surface area contributed by atoms with Crippen LogP contribution >= 0.6 is 0 Å². The molecule has 1 saturated carbocycles. The molecule has 2 bridgehead atoms. The zero-order valence-electron chi connectivity index (χ0n) is 18.6. The number of hydrogen-bond donors (Lipinski definition) is 0. The first-order valence-corrected chi connectivity index (χ1v) is 11.5. The minimum atomic E-state index is -0.241. The maximum absolute atomic E-state index is 11.4. The Morgan fingerprint density at radius 1 is 1.07 bits per heavy atom. The fourth-order valence-corrected chi connectivity index (χ4v) is 4.29. The van der Waals surface area contributed by atoms with Gasteiger partial charge < -0.3 is 9.15 Å². The second kappa shape index (κ2) is 12.0. The summed E-state index contributed by atoms with van der Waals surface area (Å²) in [6.07, 6.45) is 11.5. The van der Waals surface area contributed by atoms with Crippen LogP contribution in [0.2, 0.25) is 0 Å². The maximum Gasteiger partial charge on any atom is 0.343 e. The summed E-state index contributed by atoms with van der Waals surface area (Å²) >= 11 is 0. The molecule has 0 spiro atoms. The van der Waals surface area contributed by atoms with Gasteiger partial charge in [0.05, 0.1) is 5.39 Å². The number of ether oxygens (including phenoxy) is 1. The molecule has 1 fully saturated rings. The van der Waals surface area contributed by atoms with E-state index in [1.54, 1.807) is 24.3 Å². The number of rotatable bonds is 8. The van der Waals surface area contributed by atoms with Crippen LogP contribution in [0.4, 0.5) is 0 Å². The fourth-order valence-electron chi connectivity index (χ4n) is 4.29. The van der Waals surface area contributed by atoms with E-state index in [4.69, 9.17) is 9.15 Å². The Kier molecular flexibility index (Phi) is 9.69. The van der Waals surface area contributed by atoms with Gasteiger partial charge in [0.25, 0.3) is 0 Å². The summed E-state index contributed by atoms with van der Waals surface area (Å²) in [6.45, 7) is 8.46. The molecular formula is C25H38O4. The summed E-state index contributed by atoms with van der Waals surface area (Å²) in [7, 11) is 0. The zero-order valence-corrected chi connectivity index (χ0v) is 18.6. The fraction of sp³-hybridized carbons (Fsp3) is 0.680. The van der Waals surface area contributed by atoms with Crippen molar-refractivity contribution < 1.29 is 13.9 Å². The maximum atomic E-state index is 11.4. The average molecular weight is 403 g/mol. The zero-order chi connectivity index (χ0) is 21.2. The van der Waals surface area contributed by atoms with Crippen molar-refractivity contribution in [2.24, 2.45) is 17.8 Å². The third kappa shape index (κ3) is 7.49. The Bertz CT molecular complexity index is 737. The summed E-state index contributed by atoms with van der Waals surface area (Å²) in [5.74, 6) is 2.15. The number of unbranched alkanes of at least 4 members (excludes halogenated alkanes) is 2. The van der Waals surface area contributed by atoms with E-state index in [0.29, 0.717) is 23.3 Å². The van der Waals surface area contributed by atoms with Gasteiger partial charge in [-0.2, -0.15) is 0 Å². The van der Waals surface area contributed by atoms with Crippen molar-refractivity contribution in [3.05, 3.63) is 34.7 Å². The first kappa shape index (κ1) is 23.4. The number of carbonyl (C=O) groups excluding carboxylic acids is 1. The van der Waals surface area contributed by atoms with E-state index in [-0.39, 0.29) is 17.7 Å². The highest BCUT2D eigenvalue weighted by molar-refractivity contribution is 5.69. The molecule has 4 heteroatoms. The van der Waals surface area contributed by atoms with Crippen molar-refractivity contribution in [1.82, 2.24) is 0 Å². The third-order valence-electron chi connectivity index (χ3n) is 6.50. The third-order valence-corrected chi connectivity index (χ3v) is 6.50. The van der Waals surface area contributed by atoms with Gasteiger partial charge in [-0.3, -0.25) is 4.79 Å². The SMILES string of the molecule is CCCCCC1CCC(C(C)C(C)OC(=O)CC)CC1.O=c1oc2ccc1cc2. The van der Waals surface area contributed by atoms with Crippen LogP contribution in [0.5, 0.6) is 0 Å². The predicted molar refractivity (Wildman–Crippen MR) is 118 cm³/mol. The van der Waals surface area contributed by atoms with Crippen molar-refractivity contribution in [1.29, 1.82) is 0 Å². The molecule has 0 N–H and O–H groups in total. The molecule has 1 aliphatic rings. The normalized spacial score (nSPS) is 21.2. The Morgan fingerprint density at radius 3 is 2.17 bits per heavy atom. The molecule has 1 aliphatic carbocycles. The van der Waals surface area contributed by atoms with Gasteiger partial charge in [-0.15, -0.1) is 0 Å². The van der Waals surface area contributed by atoms with Crippen LogP contribution in [0.15, 0.2) is 33.5 Å². The van der Waals surface area contributed by atoms with Gasteiger partial charge in [0, 0.05) is 6.42 Å². The molecule has 2 heterocycles. The highest BCUT2D eigenvalue weighted by atomic mass is 16.5. The molecule has 4 nitrogen and oxygen atoms in total. The van der Waals surface area contributed by atoms with Gasteiger partial charge in [0.1, 0.15) is 11.7 Å². The monoisotopic (exact) mass is 402 g/mol. The minimum Gasteiger partial charge on any atom is -0.462 e. The minimum absolute atomic E-state index is 0.0578. The summed E-state index contributed by atoms with van der Waals surface area (Å²) in [5.41, 5.74) is 0.394. The predicted octanol–water partition coefficient (Wildman–Crippen LogP) is 6.58. The van der Waals surface area contributed by atoms with Crippen molar-refractivity contribution in [3.8, 4) is 0 Å². The van der Waals surface area contributed by atoms with E-state index in [2.05, 4.69) is 20.8 Å². The smallest absolute Gasteiger partial charge is 0.343 e. The van der Waals surface area contributed by atoms with Crippen LogP contribution in [-0.2, 0) is 9.53 Å². The van der Waals surface area contributed by atoms with E-state index >= 15 is 0 Å². The molecule has 0 radical (unpaired) electrons. The van der Waals surface area contributed by atoms with E-state index in [1.807, 2.05) is 6.92 Å². The number of hydrogen-bond acceptors (Lipinski definition) is 4. The molecule has 0 aliphatic heterocycles. The van der Waals surface area contributed by atoms with Crippen LogP contribution < -0.4 is 5.63 Å². The summed E-state index contributed by atoms with van der Waals surface area (Å²) < 4.78 is 10.2. The lowest BCUT2D eigenvalue weighted by Gasteiger charge is -2.34. The molecule has 3 aromatic rings. The Hall–Kier alpha value is -1.84. The van der Waals surface area contributed by atoms with Crippen LogP contribution in [0.25, 0.3) is 11.0 Å². The Labute approximate surface area is 175 Å². The number of benzene rings is 1. The lowest BCUT2D eigenvalue weighted by molar-refractivity contribution is -0.151. The van der Waals surface area contributed by atoms with Crippen molar-refractivity contribution in [2.45, 2.75) is 91.6 Å². The average Bonchev–Trinajstić information content (AvgIpc) is 2.75. The second-order valence-corrected chi connectivity index (χ2v) is 8.60.